The van der Waals surface area contributed by atoms with Crippen LogP contribution < -0.4 is 10.5 Å². The topological polar surface area (TPSA) is 98.0 Å². The van der Waals surface area contributed by atoms with Crippen LogP contribution in [0.2, 0.25) is 0 Å². The van der Waals surface area contributed by atoms with Crippen LogP contribution in [0.1, 0.15) is 25.5 Å². The molecule has 0 spiro atoms. The zero-order valence-electron chi connectivity index (χ0n) is 12.5. The Morgan fingerprint density at radius 2 is 1.96 bits per heavy atom. The van der Waals surface area contributed by atoms with Crippen LogP contribution in [0.3, 0.4) is 0 Å². The molecular formula is C18H18N4O2. The molecule has 2 aromatic heterocycles. The number of nitriles is 1. The lowest BCUT2D eigenvalue weighted by Crippen LogP contribution is -2.03. The van der Waals surface area contributed by atoms with Gasteiger partial charge in [-0.15, -0.1) is 0 Å². The monoisotopic (exact) mass is 322 g/mol. The normalized spacial score (nSPS) is 9.83. The summed E-state index contributed by atoms with van der Waals surface area (Å²) in [6.07, 6.45) is 2.44. The fraction of sp³-hybridized carbons (Fsp3) is 0.167. The standard InChI is InChI=1S/C17H14N4O2.CH4/c1-2-11-5-7-12(8-6-11)23-16-13(10-18)15(20-17(19)21-16)14-4-3-9-22-14;/h3-9H,2H2,1H3,(H2,19,20,21);1H4. The Balaban J connectivity index is 0.00000208. The van der Waals surface area contributed by atoms with E-state index in [4.69, 9.17) is 14.9 Å². The largest absolute Gasteiger partial charge is 0.463 e. The van der Waals surface area contributed by atoms with E-state index in [0.29, 0.717) is 17.2 Å². The number of nitrogens with two attached hydrogens (primary N) is 1. The molecule has 0 saturated heterocycles. The van der Waals surface area contributed by atoms with Crippen LogP contribution in [0, 0.1) is 11.3 Å². The Labute approximate surface area is 140 Å². The summed E-state index contributed by atoms with van der Waals surface area (Å²) in [6, 6.07) is 13.0. The maximum atomic E-state index is 9.46. The number of nitrogens with zero attached hydrogens (tertiary/aromatic N) is 3. The number of aryl methyl sites for hydroxylation is 1. The Morgan fingerprint density at radius 3 is 2.54 bits per heavy atom. The molecule has 0 aliphatic carbocycles. The zero-order valence-corrected chi connectivity index (χ0v) is 12.5. The van der Waals surface area contributed by atoms with E-state index >= 15 is 0 Å². The summed E-state index contributed by atoms with van der Waals surface area (Å²) >= 11 is 0. The molecule has 3 aromatic rings. The molecule has 0 unspecified atom stereocenters. The van der Waals surface area contributed by atoms with Gasteiger partial charge in [0.1, 0.15) is 23.1 Å². The first kappa shape index (κ1) is 17.0. The highest BCUT2D eigenvalue weighted by molar-refractivity contribution is 5.66. The van der Waals surface area contributed by atoms with Gasteiger partial charge in [-0.2, -0.15) is 10.2 Å². The van der Waals surface area contributed by atoms with Crippen LogP contribution in [-0.2, 0) is 6.42 Å². The number of furan rings is 1. The van der Waals surface area contributed by atoms with Crippen LogP contribution in [0.15, 0.2) is 47.1 Å². The molecule has 0 radical (unpaired) electrons. The minimum absolute atomic E-state index is 0. The first-order chi connectivity index (χ1) is 11.2. The maximum Gasteiger partial charge on any atom is 0.242 e. The van der Waals surface area contributed by atoms with Gasteiger partial charge in [0.15, 0.2) is 5.76 Å². The molecule has 0 aliphatic rings. The smallest absolute Gasteiger partial charge is 0.242 e. The highest BCUT2D eigenvalue weighted by Crippen LogP contribution is 2.31. The third kappa shape index (κ3) is 3.36. The third-order valence-electron chi connectivity index (χ3n) is 3.31. The number of ether oxygens (including phenoxy) is 1. The average Bonchev–Trinajstić information content (AvgIpc) is 3.09. The number of hydrogen-bond acceptors (Lipinski definition) is 6. The van der Waals surface area contributed by atoms with Gasteiger partial charge in [-0.1, -0.05) is 26.5 Å². The minimum atomic E-state index is 0. The van der Waals surface area contributed by atoms with Crippen LogP contribution in [0.4, 0.5) is 5.95 Å². The maximum absolute atomic E-state index is 9.46. The van der Waals surface area contributed by atoms with E-state index in [9.17, 15) is 5.26 Å². The van der Waals surface area contributed by atoms with E-state index in [-0.39, 0.29) is 24.8 Å². The van der Waals surface area contributed by atoms with Gasteiger partial charge in [0.05, 0.1) is 6.26 Å². The third-order valence-corrected chi connectivity index (χ3v) is 3.31. The summed E-state index contributed by atoms with van der Waals surface area (Å²) in [6.45, 7) is 2.07. The van der Waals surface area contributed by atoms with Gasteiger partial charge in [0.2, 0.25) is 11.8 Å². The summed E-state index contributed by atoms with van der Waals surface area (Å²) in [7, 11) is 0. The summed E-state index contributed by atoms with van der Waals surface area (Å²) < 4.78 is 11.0. The molecule has 24 heavy (non-hydrogen) atoms. The molecule has 1 aromatic carbocycles. The fourth-order valence-electron chi connectivity index (χ4n) is 2.13. The number of nitrogen functional groups attached to an aromatic ring is 1. The summed E-state index contributed by atoms with van der Waals surface area (Å²) in [4.78, 5) is 8.12. The number of rotatable bonds is 4. The lowest BCUT2D eigenvalue weighted by molar-refractivity contribution is 0.460. The summed E-state index contributed by atoms with van der Waals surface area (Å²) in [5.41, 5.74) is 7.41. The van der Waals surface area contributed by atoms with Crippen LogP contribution in [0.25, 0.3) is 11.5 Å². The molecule has 6 nitrogen and oxygen atoms in total. The van der Waals surface area contributed by atoms with Crippen molar-refractivity contribution in [3.05, 3.63) is 53.8 Å². The lowest BCUT2D eigenvalue weighted by atomic mass is 10.1. The molecule has 122 valence electrons. The van der Waals surface area contributed by atoms with Crippen LogP contribution in [0.5, 0.6) is 11.6 Å². The second kappa shape index (κ2) is 7.29. The molecule has 0 fully saturated rings. The highest BCUT2D eigenvalue weighted by atomic mass is 16.5. The van der Waals surface area contributed by atoms with Crippen molar-refractivity contribution in [1.29, 1.82) is 5.26 Å². The van der Waals surface area contributed by atoms with Gasteiger partial charge < -0.3 is 14.9 Å². The average molecular weight is 322 g/mol. The Kier molecular flexibility index (Phi) is 5.17. The molecule has 2 heterocycles. The van der Waals surface area contributed by atoms with Crippen LogP contribution in [-0.4, -0.2) is 9.97 Å². The number of aromatic nitrogens is 2. The Morgan fingerprint density at radius 1 is 1.21 bits per heavy atom. The van der Waals surface area contributed by atoms with Crippen molar-refractivity contribution in [2.45, 2.75) is 20.8 Å². The zero-order chi connectivity index (χ0) is 16.2. The van der Waals surface area contributed by atoms with Crippen molar-refractivity contribution < 1.29 is 9.15 Å². The quantitative estimate of drug-likeness (QED) is 0.773. The molecular weight excluding hydrogens is 304 g/mol. The van der Waals surface area contributed by atoms with E-state index < -0.39 is 0 Å². The molecule has 0 amide bonds. The van der Waals surface area contributed by atoms with E-state index in [2.05, 4.69) is 23.0 Å². The first-order valence-corrected chi connectivity index (χ1v) is 7.09. The van der Waals surface area contributed by atoms with Gasteiger partial charge in [0.25, 0.3) is 0 Å². The molecule has 0 bridgehead atoms. The fourth-order valence-corrected chi connectivity index (χ4v) is 2.13. The second-order valence-electron chi connectivity index (χ2n) is 4.80. The Bertz CT molecular complexity index is 850. The predicted molar refractivity (Wildman–Crippen MR) is 91.5 cm³/mol. The van der Waals surface area contributed by atoms with Crippen molar-refractivity contribution in [3.63, 3.8) is 0 Å². The van der Waals surface area contributed by atoms with E-state index in [1.807, 2.05) is 24.3 Å². The molecule has 0 atom stereocenters. The van der Waals surface area contributed by atoms with Crippen molar-refractivity contribution >= 4 is 5.95 Å². The van der Waals surface area contributed by atoms with Crippen molar-refractivity contribution in [3.8, 4) is 29.2 Å². The minimum Gasteiger partial charge on any atom is -0.463 e. The van der Waals surface area contributed by atoms with Gasteiger partial charge in [-0.25, -0.2) is 4.98 Å². The molecule has 0 saturated carbocycles. The van der Waals surface area contributed by atoms with Crippen molar-refractivity contribution in [2.75, 3.05) is 5.73 Å². The van der Waals surface area contributed by atoms with E-state index in [1.165, 1.54) is 11.8 Å². The first-order valence-electron chi connectivity index (χ1n) is 7.09. The lowest BCUT2D eigenvalue weighted by Gasteiger charge is -2.09. The van der Waals surface area contributed by atoms with Gasteiger partial charge in [0, 0.05) is 0 Å². The van der Waals surface area contributed by atoms with Gasteiger partial charge in [-0.3, -0.25) is 0 Å². The van der Waals surface area contributed by atoms with Crippen LogP contribution >= 0.6 is 0 Å². The SMILES string of the molecule is C.CCc1ccc(Oc2nc(N)nc(-c3ccco3)c2C#N)cc1. The van der Waals surface area contributed by atoms with E-state index in [1.54, 1.807) is 12.1 Å². The number of hydrogen-bond donors (Lipinski definition) is 1. The number of benzene rings is 1. The predicted octanol–water partition coefficient (Wildman–Crippen LogP) is 4.18. The molecule has 6 heteroatoms. The second-order valence-corrected chi connectivity index (χ2v) is 4.80. The van der Waals surface area contributed by atoms with E-state index in [0.717, 1.165) is 6.42 Å². The van der Waals surface area contributed by atoms with Gasteiger partial charge in [-0.05, 0) is 36.2 Å². The van der Waals surface area contributed by atoms with Crippen molar-refractivity contribution in [2.24, 2.45) is 0 Å². The molecule has 2 N–H and O–H groups in total. The molecule has 0 aliphatic heterocycles. The summed E-state index contributed by atoms with van der Waals surface area (Å²) in [5.74, 6) is 1.12. The highest BCUT2D eigenvalue weighted by Gasteiger charge is 2.18. The van der Waals surface area contributed by atoms with Crippen molar-refractivity contribution in [1.82, 2.24) is 9.97 Å². The van der Waals surface area contributed by atoms with Gasteiger partial charge >= 0.3 is 0 Å². The molecule has 3 rings (SSSR count). The number of anilines is 1. The summed E-state index contributed by atoms with van der Waals surface area (Å²) in [5, 5.41) is 9.46. The Hall–Kier alpha value is -3.33.